The van der Waals surface area contributed by atoms with Gasteiger partial charge in [0.1, 0.15) is 0 Å². The van der Waals surface area contributed by atoms with Crippen LogP contribution in [0.15, 0.2) is 28.7 Å². The number of sulfone groups is 1. The molecule has 0 aromatic heterocycles. The summed E-state index contributed by atoms with van der Waals surface area (Å²) < 4.78 is 24.9. The van der Waals surface area contributed by atoms with Crippen LogP contribution >= 0.6 is 15.9 Å². The van der Waals surface area contributed by atoms with Crippen molar-refractivity contribution in [3.8, 4) is 0 Å². The van der Waals surface area contributed by atoms with Crippen LogP contribution in [0, 0.1) is 5.92 Å². The first-order valence-corrected chi connectivity index (χ1v) is 9.47. The minimum atomic E-state index is -2.95. The highest BCUT2D eigenvalue weighted by Crippen LogP contribution is 2.21. The quantitative estimate of drug-likeness (QED) is 0.773. The van der Waals surface area contributed by atoms with Crippen LogP contribution < -0.4 is 5.32 Å². The van der Waals surface area contributed by atoms with Crippen LogP contribution in [0.1, 0.15) is 25.8 Å². The molecule has 5 heteroatoms. The molecule has 0 aliphatic rings. The van der Waals surface area contributed by atoms with Crippen molar-refractivity contribution in [2.45, 2.75) is 31.9 Å². The van der Waals surface area contributed by atoms with Crippen LogP contribution in [-0.4, -0.2) is 33.0 Å². The SMILES string of the molecule is CNCC(CCS(=O)(=O)C(C)C)Cc1ccccc1Br. The van der Waals surface area contributed by atoms with Gasteiger partial charge in [0.2, 0.25) is 0 Å². The highest BCUT2D eigenvalue weighted by molar-refractivity contribution is 9.10. The normalized spacial score (nSPS) is 13.7. The average Bonchev–Trinajstić information content (AvgIpc) is 2.38. The molecular weight excluding hydrogens is 338 g/mol. The van der Waals surface area contributed by atoms with Crippen LogP contribution in [0.3, 0.4) is 0 Å². The molecule has 0 heterocycles. The second kappa shape index (κ2) is 8.15. The van der Waals surface area contributed by atoms with Crippen molar-refractivity contribution >= 4 is 25.8 Å². The first kappa shape index (κ1) is 17.7. The lowest BCUT2D eigenvalue weighted by Gasteiger charge is -2.18. The summed E-state index contributed by atoms with van der Waals surface area (Å²) in [5.74, 6) is 0.591. The van der Waals surface area contributed by atoms with E-state index < -0.39 is 9.84 Å². The summed E-state index contributed by atoms with van der Waals surface area (Å²) in [6.45, 7) is 4.32. The Kier molecular flexibility index (Phi) is 7.20. The minimum Gasteiger partial charge on any atom is -0.319 e. The highest BCUT2D eigenvalue weighted by atomic mass is 79.9. The van der Waals surface area contributed by atoms with Gasteiger partial charge in [0, 0.05) is 4.47 Å². The summed E-state index contributed by atoms with van der Waals surface area (Å²) >= 11 is 3.55. The molecule has 0 amide bonds. The number of nitrogens with one attached hydrogen (secondary N) is 1. The number of hydrogen-bond acceptors (Lipinski definition) is 3. The first-order chi connectivity index (χ1) is 9.36. The lowest BCUT2D eigenvalue weighted by molar-refractivity contribution is 0.476. The van der Waals surface area contributed by atoms with E-state index >= 15 is 0 Å². The van der Waals surface area contributed by atoms with Crippen molar-refractivity contribution in [2.24, 2.45) is 5.92 Å². The molecule has 1 aromatic carbocycles. The summed E-state index contributed by atoms with van der Waals surface area (Å²) in [5, 5.41) is 2.87. The summed E-state index contributed by atoms with van der Waals surface area (Å²) in [5.41, 5.74) is 1.23. The van der Waals surface area contributed by atoms with Gasteiger partial charge in [-0.2, -0.15) is 0 Å². The Morgan fingerprint density at radius 1 is 1.25 bits per heavy atom. The Hall–Kier alpha value is -0.390. The van der Waals surface area contributed by atoms with Crippen LogP contribution in [0.5, 0.6) is 0 Å². The van der Waals surface area contributed by atoms with E-state index in [1.54, 1.807) is 13.8 Å². The first-order valence-electron chi connectivity index (χ1n) is 6.96. The Balaban J connectivity index is 2.68. The molecule has 20 heavy (non-hydrogen) atoms. The van der Waals surface area contributed by atoms with Gasteiger partial charge in [0.15, 0.2) is 9.84 Å². The predicted octanol–water partition coefficient (Wildman–Crippen LogP) is 3.04. The van der Waals surface area contributed by atoms with Crippen molar-refractivity contribution in [1.82, 2.24) is 5.32 Å². The van der Waals surface area contributed by atoms with E-state index in [-0.39, 0.29) is 11.0 Å². The van der Waals surface area contributed by atoms with Crippen molar-refractivity contribution in [2.75, 3.05) is 19.3 Å². The molecule has 1 aromatic rings. The van der Waals surface area contributed by atoms with Crippen LogP contribution in [0.2, 0.25) is 0 Å². The van der Waals surface area contributed by atoms with Crippen molar-refractivity contribution in [3.05, 3.63) is 34.3 Å². The second-order valence-electron chi connectivity index (χ2n) is 5.42. The van der Waals surface area contributed by atoms with E-state index in [9.17, 15) is 8.42 Å². The molecule has 0 fully saturated rings. The molecule has 0 saturated carbocycles. The Morgan fingerprint density at radius 2 is 1.90 bits per heavy atom. The van der Waals surface area contributed by atoms with Crippen molar-refractivity contribution in [3.63, 3.8) is 0 Å². The Bertz CT molecular complexity index is 514. The molecule has 1 rings (SSSR count). The third-order valence-corrected chi connectivity index (χ3v) is 6.50. The molecule has 3 nitrogen and oxygen atoms in total. The van der Waals surface area contributed by atoms with E-state index in [2.05, 4.69) is 27.3 Å². The fraction of sp³-hybridized carbons (Fsp3) is 0.600. The lowest BCUT2D eigenvalue weighted by atomic mass is 9.97. The topological polar surface area (TPSA) is 46.2 Å². The summed E-state index contributed by atoms with van der Waals surface area (Å²) in [6.07, 6.45) is 1.58. The van der Waals surface area contributed by atoms with E-state index in [1.807, 2.05) is 25.2 Å². The fourth-order valence-electron chi connectivity index (χ4n) is 2.11. The maximum Gasteiger partial charge on any atom is 0.152 e. The summed E-state index contributed by atoms with van der Waals surface area (Å²) in [7, 11) is -1.05. The van der Waals surface area contributed by atoms with Crippen molar-refractivity contribution < 1.29 is 8.42 Å². The number of hydrogen-bond donors (Lipinski definition) is 1. The van der Waals surface area contributed by atoms with Gasteiger partial charge in [-0.05, 0) is 57.8 Å². The molecule has 0 bridgehead atoms. The fourth-order valence-corrected chi connectivity index (χ4v) is 3.69. The van der Waals surface area contributed by atoms with Gasteiger partial charge in [-0.1, -0.05) is 34.1 Å². The zero-order valence-corrected chi connectivity index (χ0v) is 14.8. The van der Waals surface area contributed by atoms with E-state index in [4.69, 9.17) is 0 Å². The molecular formula is C15H24BrNO2S. The Morgan fingerprint density at radius 3 is 2.45 bits per heavy atom. The van der Waals surface area contributed by atoms with Gasteiger partial charge >= 0.3 is 0 Å². The van der Waals surface area contributed by atoms with Gasteiger partial charge in [-0.3, -0.25) is 0 Å². The molecule has 114 valence electrons. The Labute approximate surface area is 131 Å². The van der Waals surface area contributed by atoms with Gasteiger partial charge in [-0.15, -0.1) is 0 Å². The third-order valence-electron chi connectivity index (χ3n) is 3.49. The number of halogens is 1. The average molecular weight is 362 g/mol. The highest BCUT2D eigenvalue weighted by Gasteiger charge is 2.19. The monoisotopic (exact) mass is 361 g/mol. The number of benzene rings is 1. The van der Waals surface area contributed by atoms with Crippen LogP contribution in [0.4, 0.5) is 0 Å². The molecule has 1 N–H and O–H groups in total. The van der Waals surface area contributed by atoms with E-state index in [0.29, 0.717) is 12.3 Å². The lowest BCUT2D eigenvalue weighted by Crippen LogP contribution is -2.26. The van der Waals surface area contributed by atoms with Gasteiger partial charge in [0.05, 0.1) is 11.0 Å². The molecule has 0 spiro atoms. The molecule has 1 atom stereocenters. The van der Waals surface area contributed by atoms with Crippen molar-refractivity contribution in [1.29, 1.82) is 0 Å². The van der Waals surface area contributed by atoms with E-state index in [1.165, 1.54) is 5.56 Å². The summed E-state index contributed by atoms with van der Waals surface area (Å²) in [4.78, 5) is 0. The molecule has 0 aliphatic heterocycles. The second-order valence-corrected chi connectivity index (χ2v) is 8.95. The smallest absolute Gasteiger partial charge is 0.152 e. The minimum absolute atomic E-state index is 0.265. The van der Waals surface area contributed by atoms with Gasteiger partial charge in [0.25, 0.3) is 0 Å². The molecule has 1 unspecified atom stereocenters. The molecule has 0 saturated heterocycles. The maximum atomic E-state index is 11.9. The number of rotatable bonds is 8. The van der Waals surface area contributed by atoms with Crippen LogP contribution in [-0.2, 0) is 16.3 Å². The standard InChI is InChI=1S/C15H24BrNO2S/c1-12(2)20(18,19)9-8-13(11-17-3)10-14-6-4-5-7-15(14)16/h4-7,12-13,17H,8-11H2,1-3H3. The zero-order chi connectivity index (χ0) is 15.2. The van der Waals surface area contributed by atoms with Gasteiger partial charge < -0.3 is 5.32 Å². The zero-order valence-electron chi connectivity index (χ0n) is 12.4. The largest absolute Gasteiger partial charge is 0.319 e. The predicted molar refractivity (Wildman–Crippen MR) is 88.8 cm³/mol. The third kappa shape index (κ3) is 5.54. The maximum absolute atomic E-state index is 11.9. The summed E-state index contributed by atoms with van der Waals surface area (Å²) in [6, 6.07) is 8.12. The van der Waals surface area contributed by atoms with Crippen LogP contribution in [0.25, 0.3) is 0 Å². The van der Waals surface area contributed by atoms with Gasteiger partial charge in [-0.25, -0.2) is 8.42 Å². The molecule has 0 radical (unpaired) electrons. The molecule has 0 aliphatic carbocycles. The van der Waals surface area contributed by atoms with E-state index in [0.717, 1.165) is 17.4 Å².